The minimum Gasteiger partial charge on any atom is -0.369 e. The molecule has 1 saturated heterocycles. The van der Waals surface area contributed by atoms with Crippen molar-refractivity contribution in [2.24, 2.45) is 0 Å². The number of benzene rings is 1. The Morgan fingerprint density at radius 2 is 1.90 bits per heavy atom. The van der Waals surface area contributed by atoms with Crippen molar-refractivity contribution >= 4 is 10.0 Å². The van der Waals surface area contributed by atoms with Gasteiger partial charge >= 0.3 is 0 Å². The summed E-state index contributed by atoms with van der Waals surface area (Å²) in [5.74, 6) is 1.18. The number of piperidine rings is 1. The minimum absolute atomic E-state index is 0.163. The van der Waals surface area contributed by atoms with Crippen molar-refractivity contribution in [1.29, 1.82) is 0 Å². The van der Waals surface area contributed by atoms with Crippen LogP contribution in [0.25, 0.3) is 11.5 Å². The SMILES string of the molecule is CC(C)c1ccc(S(=O)(=O)N2CCCC(OCc3noc(-c4ccncc4)n3)C2)cc1. The molecule has 8 nitrogen and oxygen atoms in total. The van der Waals surface area contributed by atoms with E-state index in [0.29, 0.717) is 35.6 Å². The molecule has 1 atom stereocenters. The molecule has 0 bridgehead atoms. The Labute approximate surface area is 182 Å². The summed E-state index contributed by atoms with van der Waals surface area (Å²) < 4.78 is 38.9. The van der Waals surface area contributed by atoms with E-state index in [2.05, 4.69) is 29.0 Å². The van der Waals surface area contributed by atoms with Gasteiger partial charge in [-0.3, -0.25) is 4.98 Å². The van der Waals surface area contributed by atoms with Crippen LogP contribution >= 0.6 is 0 Å². The lowest BCUT2D eigenvalue weighted by Crippen LogP contribution is -2.43. The molecule has 0 aliphatic carbocycles. The summed E-state index contributed by atoms with van der Waals surface area (Å²) in [5.41, 5.74) is 1.90. The highest BCUT2D eigenvalue weighted by Crippen LogP contribution is 2.24. The van der Waals surface area contributed by atoms with Crippen LogP contribution in [-0.2, 0) is 21.4 Å². The molecular weight excluding hydrogens is 416 g/mol. The summed E-state index contributed by atoms with van der Waals surface area (Å²) in [6, 6.07) is 10.7. The molecule has 4 rings (SSSR count). The third kappa shape index (κ3) is 5.00. The minimum atomic E-state index is -3.55. The monoisotopic (exact) mass is 442 g/mol. The molecule has 1 fully saturated rings. The lowest BCUT2D eigenvalue weighted by molar-refractivity contribution is 0.00438. The maximum Gasteiger partial charge on any atom is 0.258 e. The van der Waals surface area contributed by atoms with Gasteiger partial charge in [0, 0.05) is 31.0 Å². The molecule has 1 aromatic carbocycles. The number of rotatable bonds is 7. The zero-order chi connectivity index (χ0) is 21.8. The van der Waals surface area contributed by atoms with E-state index in [9.17, 15) is 8.42 Å². The lowest BCUT2D eigenvalue weighted by atomic mass is 10.0. The topological polar surface area (TPSA) is 98.4 Å². The summed E-state index contributed by atoms with van der Waals surface area (Å²) in [6.45, 7) is 5.13. The Bertz CT molecular complexity index is 1100. The van der Waals surface area contributed by atoms with E-state index >= 15 is 0 Å². The van der Waals surface area contributed by atoms with Crippen molar-refractivity contribution < 1.29 is 17.7 Å². The van der Waals surface area contributed by atoms with Crippen molar-refractivity contribution in [3.8, 4) is 11.5 Å². The number of nitrogens with zero attached hydrogens (tertiary/aromatic N) is 4. The van der Waals surface area contributed by atoms with Gasteiger partial charge in [0.25, 0.3) is 5.89 Å². The van der Waals surface area contributed by atoms with Crippen molar-refractivity contribution in [3.63, 3.8) is 0 Å². The molecule has 1 unspecified atom stereocenters. The van der Waals surface area contributed by atoms with Crippen LogP contribution in [0.15, 0.2) is 58.2 Å². The summed E-state index contributed by atoms with van der Waals surface area (Å²) >= 11 is 0. The van der Waals surface area contributed by atoms with E-state index in [-0.39, 0.29) is 12.7 Å². The second kappa shape index (κ2) is 9.25. The van der Waals surface area contributed by atoms with Crippen molar-refractivity contribution in [3.05, 3.63) is 60.2 Å². The standard InChI is InChI=1S/C22H26N4O4S/c1-16(2)17-5-7-20(8-6-17)31(27,28)26-13-3-4-19(14-26)29-15-21-24-22(30-25-21)18-9-11-23-12-10-18/h5-12,16,19H,3-4,13-15H2,1-2H3. The van der Waals surface area contributed by atoms with Gasteiger partial charge in [0.15, 0.2) is 5.82 Å². The van der Waals surface area contributed by atoms with Crippen LogP contribution in [0.4, 0.5) is 0 Å². The Balaban J connectivity index is 1.38. The van der Waals surface area contributed by atoms with Crippen LogP contribution in [0.2, 0.25) is 0 Å². The third-order valence-electron chi connectivity index (χ3n) is 5.37. The Morgan fingerprint density at radius 1 is 1.16 bits per heavy atom. The quantitative estimate of drug-likeness (QED) is 0.551. The van der Waals surface area contributed by atoms with Gasteiger partial charge in [-0.2, -0.15) is 9.29 Å². The van der Waals surface area contributed by atoms with E-state index in [1.807, 2.05) is 12.1 Å². The van der Waals surface area contributed by atoms with Gasteiger partial charge < -0.3 is 9.26 Å². The van der Waals surface area contributed by atoms with E-state index in [0.717, 1.165) is 24.0 Å². The summed E-state index contributed by atoms with van der Waals surface area (Å²) in [6.07, 6.45) is 4.61. The molecule has 2 aromatic heterocycles. The van der Waals surface area contributed by atoms with Crippen LogP contribution in [-0.4, -0.2) is 47.0 Å². The molecule has 0 radical (unpaired) electrons. The highest BCUT2D eigenvalue weighted by molar-refractivity contribution is 7.89. The number of aromatic nitrogens is 3. The molecule has 0 N–H and O–H groups in total. The zero-order valence-corrected chi connectivity index (χ0v) is 18.5. The predicted octanol–water partition coefficient (Wildman–Crippen LogP) is 3.62. The highest BCUT2D eigenvalue weighted by atomic mass is 32.2. The molecule has 0 spiro atoms. The Hall–Kier alpha value is -2.62. The predicted molar refractivity (Wildman–Crippen MR) is 115 cm³/mol. The van der Waals surface area contributed by atoms with E-state index in [4.69, 9.17) is 9.26 Å². The average Bonchev–Trinajstić information content (AvgIpc) is 3.28. The second-order valence-electron chi connectivity index (χ2n) is 7.91. The maximum atomic E-state index is 13.1. The largest absolute Gasteiger partial charge is 0.369 e. The molecule has 31 heavy (non-hydrogen) atoms. The first-order valence-electron chi connectivity index (χ1n) is 10.4. The number of pyridine rings is 1. The number of ether oxygens (including phenoxy) is 1. The fourth-order valence-corrected chi connectivity index (χ4v) is 5.06. The lowest BCUT2D eigenvalue weighted by Gasteiger charge is -2.31. The molecule has 164 valence electrons. The highest BCUT2D eigenvalue weighted by Gasteiger charge is 2.31. The van der Waals surface area contributed by atoms with Crippen LogP contribution in [0.3, 0.4) is 0 Å². The number of hydrogen-bond donors (Lipinski definition) is 0. The molecule has 9 heteroatoms. The first-order chi connectivity index (χ1) is 14.9. The molecule has 1 aliphatic heterocycles. The van der Waals surface area contributed by atoms with Crippen molar-refractivity contribution in [2.75, 3.05) is 13.1 Å². The van der Waals surface area contributed by atoms with Crippen LogP contribution in [0.1, 0.15) is 44.0 Å². The first kappa shape index (κ1) is 21.6. The van der Waals surface area contributed by atoms with Gasteiger partial charge in [-0.05, 0) is 48.6 Å². The van der Waals surface area contributed by atoms with Gasteiger partial charge in [-0.25, -0.2) is 8.42 Å². The molecule has 1 aliphatic rings. The smallest absolute Gasteiger partial charge is 0.258 e. The Morgan fingerprint density at radius 3 is 2.61 bits per heavy atom. The van der Waals surface area contributed by atoms with Gasteiger partial charge in [0.05, 0.1) is 11.0 Å². The zero-order valence-electron chi connectivity index (χ0n) is 17.6. The summed E-state index contributed by atoms with van der Waals surface area (Å²) in [4.78, 5) is 8.63. The number of sulfonamides is 1. The average molecular weight is 443 g/mol. The fraction of sp³-hybridized carbons (Fsp3) is 0.409. The van der Waals surface area contributed by atoms with E-state index in [1.165, 1.54) is 4.31 Å². The van der Waals surface area contributed by atoms with Gasteiger partial charge in [0.1, 0.15) is 6.61 Å². The van der Waals surface area contributed by atoms with Crippen LogP contribution in [0.5, 0.6) is 0 Å². The van der Waals surface area contributed by atoms with Crippen LogP contribution in [0, 0.1) is 0 Å². The van der Waals surface area contributed by atoms with Crippen molar-refractivity contribution in [2.45, 2.75) is 50.2 Å². The normalized spacial score (nSPS) is 17.8. The van der Waals surface area contributed by atoms with Gasteiger partial charge in [0.2, 0.25) is 10.0 Å². The fourth-order valence-electron chi connectivity index (χ4n) is 3.55. The third-order valence-corrected chi connectivity index (χ3v) is 7.25. The molecule has 0 amide bonds. The first-order valence-corrected chi connectivity index (χ1v) is 11.8. The summed E-state index contributed by atoms with van der Waals surface area (Å²) in [7, 11) is -3.55. The van der Waals surface area contributed by atoms with E-state index in [1.54, 1.807) is 36.7 Å². The van der Waals surface area contributed by atoms with Crippen molar-refractivity contribution in [1.82, 2.24) is 19.4 Å². The Kier molecular flexibility index (Phi) is 6.45. The van der Waals surface area contributed by atoms with Gasteiger partial charge in [-0.1, -0.05) is 31.1 Å². The van der Waals surface area contributed by atoms with Gasteiger partial charge in [-0.15, -0.1) is 0 Å². The number of hydrogen-bond acceptors (Lipinski definition) is 7. The second-order valence-corrected chi connectivity index (χ2v) is 9.85. The molecule has 0 saturated carbocycles. The molecule has 3 heterocycles. The summed E-state index contributed by atoms with van der Waals surface area (Å²) in [5, 5.41) is 3.95. The van der Waals surface area contributed by atoms with E-state index < -0.39 is 10.0 Å². The molecular formula is C22H26N4O4S. The molecule has 3 aromatic rings. The maximum absolute atomic E-state index is 13.1. The van der Waals surface area contributed by atoms with Crippen LogP contribution < -0.4 is 0 Å².